The Kier molecular flexibility index (Phi) is 7.70. The number of hydrogen-bond acceptors (Lipinski definition) is 7. The SMILES string of the molecule is COc1ccc([C@@H]2Oc3cc(OC4CCCCO4)ccc3C(=O)[C@H]2c2ccc(OC3CCCCO3)cc2)cc1. The highest BCUT2D eigenvalue weighted by Crippen LogP contribution is 2.45. The maximum absolute atomic E-state index is 14.0. The minimum absolute atomic E-state index is 0.00168. The van der Waals surface area contributed by atoms with Crippen LogP contribution in [0.3, 0.4) is 0 Å². The fraction of sp³-hybridized carbons (Fsp3) is 0.406. The molecule has 4 atom stereocenters. The van der Waals surface area contributed by atoms with Crippen molar-refractivity contribution in [2.24, 2.45) is 0 Å². The van der Waals surface area contributed by atoms with Gasteiger partial charge in [-0.15, -0.1) is 0 Å². The van der Waals surface area contributed by atoms with Gasteiger partial charge in [-0.3, -0.25) is 4.79 Å². The third kappa shape index (κ3) is 5.75. The number of ether oxygens (including phenoxy) is 6. The molecule has 3 heterocycles. The van der Waals surface area contributed by atoms with Crippen molar-refractivity contribution in [1.29, 1.82) is 0 Å². The summed E-state index contributed by atoms with van der Waals surface area (Å²) in [5, 5.41) is 0. The molecule has 3 aromatic carbocycles. The number of rotatable bonds is 7. The quantitative estimate of drug-likeness (QED) is 0.340. The molecule has 204 valence electrons. The first-order valence-electron chi connectivity index (χ1n) is 13.8. The predicted octanol–water partition coefficient (Wildman–Crippen LogP) is 6.61. The molecule has 0 amide bonds. The minimum atomic E-state index is -0.528. The Morgan fingerprint density at radius 2 is 1.28 bits per heavy atom. The van der Waals surface area contributed by atoms with E-state index in [0.29, 0.717) is 23.7 Å². The summed E-state index contributed by atoms with van der Waals surface area (Å²) in [5.74, 6) is 2.09. The van der Waals surface area contributed by atoms with Gasteiger partial charge in [0.1, 0.15) is 29.1 Å². The van der Waals surface area contributed by atoms with Gasteiger partial charge in [-0.05, 0) is 73.2 Å². The molecule has 3 aliphatic rings. The number of Topliss-reactive ketones (excluding diaryl/α,β-unsaturated/α-hetero) is 1. The molecule has 3 aromatic rings. The zero-order valence-corrected chi connectivity index (χ0v) is 22.2. The van der Waals surface area contributed by atoms with Gasteiger partial charge in [0.2, 0.25) is 0 Å². The van der Waals surface area contributed by atoms with Gasteiger partial charge in [0.15, 0.2) is 18.4 Å². The fourth-order valence-electron chi connectivity index (χ4n) is 5.43. The first-order valence-corrected chi connectivity index (χ1v) is 13.8. The highest BCUT2D eigenvalue weighted by Gasteiger charge is 2.39. The van der Waals surface area contributed by atoms with E-state index >= 15 is 0 Å². The Hall–Kier alpha value is -3.55. The first-order chi connectivity index (χ1) is 19.2. The number of carbonyl (C=O) groups excluding carboxylic acids is 1. The van der Waals surface area contributed by atoms with Crippen LogP contribution in [0.4, 0.5) is 0 Å². The fourth-order valence-corrected chi connectivity index (χ4v) is 5.43. The Morgan fingerprint density at radius 3 is 1.90 bits per heavy atom. The van der Waals surface area contributed by atoms with Crippen LogP contribution in [-0.2, 0) is 9.47 Å². The van der Waals surface area contributed by atoms with Crippen LogP contribution < -0.4 is 18.9 Å². The molecular formula is C32H34O7. The lowest BCUT2D eigenvalue weighted by atomic mass is 9.81. The van der Waals surface area contributed by atoms with Crippen LogP contribution in [0, 0.1) is 0 Å². The molecule has 2 fully saturated rings. The Labute approximate surface area is 228 Å². The zero-order valence-electron chi connectivity index (χ0n) is 22.2. The molecule has 0 spiro atoms. The Bertz CT molecular complexity index is 1260. The molecule has 7 nitrogen and oxygen atoms in total. The molecular weight excluding hydrogens is 496 g/mol. The smallest absolute Gasteiger partial charge is 0.199 e. The van der Waals surface area contributed by atoms with Crippen LogP contribution in [0.15, 0.2) is 66.7 Å². The second-order valence-corrected chi connectivity index (χ2v) is 10.2. The Morgan fingerprint density at radius 1 is 0.692 bits per heavy atom. The van der Waals surface area contributed by atoms with Gasteiger partial charge in [0.25, 0.3) is 0 Å². The number of ketones is 1. The van der Waals surface area contributed by atoms with Crippen LogP contribution in [0.25, 0.3) is 0 Å². The molecule has 0 saturated carbocycles. The topological polar surface area (TPSA) is 72.5 Å². The van der Waals surface area contributed by atoms with E-state index in [1.165, 1.54) is 0 Å². The lowest BCUT2D eigenvalue weighted by molar-refractivity contribution is -0.106. The summed E-state index contributed by atoms with van der Waals surface area (Å²) in [7, 11) is 1.63. The van der Waals surface area contributed by atoms with E-state index in [1.807, 2.05) is 54.6 Å². The van der Waals surface area contributed by atoms with E-state index < -0.39 is 12.0 Å². The molecule has 0 N–H and O–H groups in total. The molecule has 2 unspecified atom stereocenters. The van der Waals surface area contributed by atoms with Crippen molar-refractivity contribution in [3.05, 3.63) is 83.4 Å². The number of methoxy groups -OCH3 is 1. The van der Waals surface area contributed by atoms with Crippen LogP contribution in [0.5, 0.6) is 23.0 Å². The van der Waals surface area contributed by atoms with Crippen molar-refractivity contribution in [1.82, 2.24) is 0 Å². The van der Waals surface area contributed by atoms with Crippen LogP contribution in [0.1, 0.15) is 72.0 Å². The van der Waals surface area contributed by atoms with E-state index in [0.717, 1.165) is 67.8 Å². The average molecular weight is 531 g/mol. The summed E-state index contributed by atoms with van der Waals surface area (Å²) in [4.78, 5) is 14.0. The first kappa shape index (κ1) is 25.7. The maximum atomic E-state index is 14.0. The summed E-state index contributed by atoms with van der Waals surface area (Å²) in [6.07, 6.45) is 4.99. The molecule has 6 rings (SSSR count). The van der Waals surface area contributed by atoms with E-state index in [1.54, 1.807) is 19.2 Å². The normalized spacial score (nSPS) is 24.8. The molecule has 39 heavy (non-hydrogen) atoms. The van der Waals surface area contributed by atoms with Crippen molar-refractivity contribution in [2.75, 3.05) is 20.3 Å². The third-order valence-electron chi connectivity index (χ3n) is 7.55. The highest BCUT2D eigenvalue weighted by molar-refractivity contribution is 6.05. The molecule has 3 aliphatic heterocycles. The summed E-state index contributed by atoms with van der Waals surface area (Å²) >= 11 is 0. The summed E-state index contributed by atoms with van der Waals surface area (Å²) in [6.45, 7) is 1.42. The lowest BCUT2D eigenvalue weighted by Crippen LogP contribution is -2.30. The van der Waals surface area contributed by atoms with Crippen LogP contribution >= 0.6 is 0 Å². The second kappa shape index (κ2) is 11.7. The third-order valence-corrected chi connectivity index (χ3v) is 7.55. The molecule has 2 saturated heterocycles. The summed E-state index contributed by atoms with van der Waals surface area (Å²) in [6, 6.07) is 20.8. The molecule has 0 bridgehead atoms. The van der Waals surface area contributed by atoms with Gasteiger partial charge < -0.3 is 28.4 Å². The number of carbonyl (C=O) groups is 1. The van der Waals surface area contributed by atoms with Crippen molar-refractivity contribution in [3.8, 4) is 23.0 Å². The van der Waals surface area contributed by atoms with E-state index in [-0.39, 0.29) is 18.4 Å². The number of hydrogen-bond donors (Lipinski definition) is 0. The minimum Gasteiger partial charge on any atom is -0.497 e. The van der Waals surface area contributed by atoms with E-state index in [4.69, 9.17) is 28.4 Å². The number of benzene rings is 3. The summed E-state index contributed by atoms with van der Waals surface area (Å²) in [5.41, 5.74) is 2.29. The van der Waals surface area contributed by atoms with E-state index in [9.17, 15) is 4.79 Å². The zero-order chi connectivity index (χ0) is 26.6. The standard InChI is InChI=1S/C32H34O7/c1-34-23-12-10-22(11-13-23)32-30(21-8-14-24(15-9-21)37-28-6-2-4-18-35-28)31(33)26-17-16-25(20-27(26)39-32)38-29-7-3-5-19-36-29/h8-17,20,28-30,32H,2-7,18-19H2,1H3/t28?,29?,30-,32+/m1/s1. The van der Waals surface area contributed by atoms with Crippen molar-refractivity contribution < 1.29 is 33.2 Å². The molecule has 0 radical (unpaired) electrons. The van der Waals surface area contributed by atoms with Crippen molar-refractivity contribution >= 4 is 5.78 Å². The van der Waals surface area contributed by atoms with Crippen molar-refractivity contribution in [2.45, 2.75) is 63.1 Å². The lowest BCUT2D eigenvalue weighted by Gasteiger charge is -2.34. The van der Waals surface area contributed by atoms with Gasteiger partial charge in [-0.2, -0.15) is 0 Å². The van der Waals surface area contributed by atoms with Gasteiger partial charge in [0, 0.05) is 18.9 Å². The Balaban J connectivity index is 1.29. The monoisotopic (exact) mass is 530 g/mol. The van der Waals surface area contributed by atoms with Gasteiger partial charge in [0.05, 0.1) is 31.8 Å². The van der Waals surface area contributed by atoms with Crippen molar-refractivity contribution in [3.63, 3.8) is 0 Å². The van der Waals surface area contributed by atoms with Gasteiger partial charge in [-0.1, -0.05) is 24.3 Å². The summed E-state index contributed by atoms with van der Waals surface area (Å²) < 4.78 is 35.4. The predicted molar refractivity (Wildman–Crippen MR) is 145 cm³/mol. The van der Waals surface area contributed by atoms with E-state index in [2.05, 4.69) is 0 Å². The molecule has 0 aromatic heterocycles. The average Bonchev–Trinajstić information content (AvgIpc) is 2.99. The largest absolute Gasteiger partial charge is 0.497 e. The van der Waals surface area contributed by atoms with Gasteiger partial charge >= 0.3 is 0 Å². The van der Waals surface area contributed by atoms with Crippen LogP contribution in [0.2, 0.25) is 0 Å². The highest BCUT2D eigenvalue weighted by atomic mass is 16.7. The molecule has 7 heteroatoms. The van der Waals surface area contributed by atoms with Gasteiger partial charge in [-0.25, -0.2) is 0 Å². The maximum Gasteiger partial charge on any atom is 0.199 e. The molecule has 0 aliphatic carbocycles. The van der Waals surface area contributed by atoms with Crippen LogP contribution in [-0.4, -0.2) is 38.7 Å². The second-order valence-electron chi connectivity index (χ2n) is 10.2. The number of fused-ring (bicyclic) bond motifs is 1.